The predicted octanol–water partition coefficient (Wildman–Crippen LogP) is 5.19. The first kappa shape index (κ1) is 10.5. The summed E-state index contributed by atoms with van der Waals surface area (Å²) in [6.45, 7) is 0. The molecule has 4 rings (SSSR count). The number of thioether (sulfide) groups is 1. The number of hydrogen-bond acceptors (Lipinski definition) is 2. The van der Waals surface area contributed by atoms with Crippen LogP contribution in [0.25, 0.3) is 21.9 Å². The van der Waals surface area contributed by atoms with Crippen molar-refractivity contribution in [3.8, 4) is 0 Å². The molecule has 0 amide bonds. The molecule has 0 radical (unpaired) electrons. The molecule has 2 heteroatoms. The predicted molar refractivity (Wildman–Crippen MR) is 77.5 cm³/mol. The van der Waals surface area contributed by atoms with E-state index in [1.165, 1.54) is 34.1 Å². The quantitative estimate of drug-likeness (QED) is 0.584. The Bertz CT molecular complexity index is 737. The lowest BCUT2D eigenvalue weighted by molar-refractivity contribution is 0.660. The van der Waals surface area contributed by atoms with Crippen LogP contribution in [0.3, 0.4) is 0 Å². The molecule has 18 heavy (non-hydrogen) atoms. The van der Waals surface area contributed by atoms with Crippen molar-refractivity contribution < 1.29 is 4.42 Å². The zero-order valence-electron chi connectivity index (χ0n) is 10.3. The van der Waals surface area contributed by atoms with Gasteiger partial charge in [0.1, 0.15) is 11.2 Å². The summed E-state index contributed by atoms with van der Waals surface area (Å²) in [5.41, 5.74) is 3.51. The normalized spacial score (nSPS) is 15.6. The summed E-state index contributed by atoms with van der Waals surface area (Å²) in [6.07, 6.45) is 4.77. The maximum Gasteiger partial charge on any atom is 0.148 e. The average molecular weight is 254 g/mol. The van der Waals surface area contributed by atoms with E-state index in [2.05, 4.69) is 42.7 Å². The molecule has 1 fully saturated rings. The number of para-hydroxylation sites is 1. The summed E-state index contributed by atoms with van der Waals surface area (Å²) in [6, 6.07) is 13.1. The first-order valence-corrected chi connectivity index (χ1v) is 7.58. The van der Waals surface area contributed by atoms with E-state index in [9.17, 15) is 0 Å². The minimum absolute atomic E-state index is 0.780. The van der Waals surface area contributed by atoms with Gasteiger partial charge in [-0.05, 0) is 42.7 Å². The van der Waals surface area contributed by atoms with Crippen molar-refractivity contribution in [1.29, 1.82) is 0 Å². The van der Waals surface area contributed by atoms with Gasteiger partial charge >= 0.3 is 0 Å². The van der Waals surface area contributed by atoms with Crippen LogP contribution in [0.5, 0.6) is 0 Å². The summed E-state index contributed by atoms with van der Waals surface area (Å²) in [7, 11) is 0. The Balaban J connectivity index is 2.04. The number of fused-ring (bicyclic) bond motifs is 3. The molecule has 0 atom stereocenters. The molecule has 2 aromatic carbocycles. The van der Waals surface area contributed by atoms with Gasteiger partial charge in [-0.15, -0.1) is 11.8 Å². The van der Waals surface area contributed by atoms with Crippen molar-refractivity contribution in [3.63, 3.8) is 0 Å². The van der Waals surface area contributed by atoms with Crippen LogP contribution in [-0.4, -0.2) is 6.26 Å². The molecule has 3 aromatic rings. The molecule has 0 saturated heterocycles. The van der Waals surface area contributed by atoms with Gasteiger partial charge in [-0.25, -0.2) is 0 Å². The molecule has 0 spiro atoms. The molecule has 1 heterocycles. The van der Waals surface area contributed by atoms with Crippen molar-refractivity contribution in [1.82, 2.24) is 0 Å². The highest BCUT2D eigenvalue weighted by atomic mass is 32.2. The standard InChI is InChI=1S/C16H14OS/c1-18-15-4-2-3-13-12-8-7-11(10-5-6-10)9-14(12)17-16(13)15/h2-4,7-10H,5-6H2,1H3. The topological polar surface area (TPSA) is 13.1 Å². The van der Waals surface area contributed by atoms with Gasteiger partial charge in [-0.2, -0.15) is 0 Å². The van der Waals surface area contributed by atoms with Crippen LogP contribution in [-0.2, 0) is 0 Å². The van der Waals surface area contributed by atoms with Gasteiger partial charge in [-0.3, -0.25) is 0 Å². The molecule has 1 saturated carbocycles. The van der Waals surface area contributed by atoms with Crippen molar-refractivity contribution in [2.75, 3.05) is 6.26 Å². The Morgan fingerprint density at radius 2 is 2.00 bits per heavy atom. The van der Waals surface area contributed by atoms with Crippen LogP contribution < -0.4 is 0 Å². The Kier molecular flexibility index (Phi) is 2.21. The van der Waals surface area contributed by atoms with Crippen molar-refractivity contribution in [2.24, 2.45) is 0 Å². The van der Waals surface area contributed by atoms with Gasteiger partial charge in [0.15, 0.2) is 0 Å². The van der Waals surface area contributed by atoms with E-state index >= 15 is 0 Å². The fourth-order valence-corrected chi connectivity index (χ4v) is 3.17. The van der Waals surface area contributed by atoms with Crippen molar-refractivity contribution >= 4 is 33.7 Å². The highest BCUT2D eigenvalue weighted by Crippen LogP contribution is 2.42. The number of hydrogen-bond donors (Lipinski definition) is 0. The molecule has 1 aromatic heterocycles. The monoisotopic (exact) mass is 254 g/mol. The smallest absolute Gasteiger partial charge is 0.148 e. The zero-order chi connectivity index (χ0) is 12.1. The lowest BCUT2D eigenvalue weighted by Gasteiger charge is -1.96. The van der Waals surface area contributed by atoms with Crippen LogP contribution in [0.2, 0.25) is 0 Å². The van der Waals surface area contributed by atoms with Crippen LogP contribution in [0.15, 0.2) is 45.7 Å². The summed E-state index contributed by atoms with van der Waals surface area (Å²) in [5.74, 6) is 0.780. The third-order valence-electron chi connectivity index (χ3n) is 3.76. The minimum atomic E-state index is 0.780. The van der Waals surface area contributed by atoms with E-state index in [-0.39, 0.29) is 0 Å². The van der Waals surface area contributed by atoms with E-state index in [1.54, 1.807) is 11.8 Å². The molecule has 0 N–H and O–H groups in total. The minimum Gasteiger partial charge on any atom is -0.455 e. The van der Waals surface area contributed by atoms with E-state index in [0.29, 0.717) is 0 Å². The van der Waals surface area contributed by atoms with Gasteiger partial charge in [0.25, 0.3) is 0 Å². The Labute approximate surface area is 110 Å². The third kappa shape index (κ3) is 1.49. The highest BCUT2D eigenvalue weighted by molar-refractivity contribution is 7.98. The maximum atomic E-state index is 6.07. The van der Waals surface area contributed by atoms with Crippen LogP contribution in [0.4, 0.5) is 0 Å². The van der Waals surface area contributed by atoms with Crippen LogP contribution in [0, 0.1) is 0 Å². The molecule has 0 unspecified atom stereocenters. The van der Waals surface area contributed by atoms with Crippen molar-refractivity contribution in [2.45, 2.75) is 23.7 Å². The van der Waals surface area contributed by atoms with Crippen LogP contribution in [0.1, 0.15) is 24.3 Å². The second-order valence-electron chi connectivity index (χ2n) is 4.97. The SMILES string of the molecule is CSc1cccc2c1oc1cc(C3CC3)ccc12. The molecule has 1 nitrogen and oxygen atoms in total. The Morgan fingerprint density at radius 1 is 1.11 bits per heavy atom. The largest absolute Gasteiger partial charge is 0.455 e. The van der Waals surface area contributed by atoms with E-state index < -0.39 is 0 Å². The summed E-state index contributed by atoms with van der Waals surface area (Å²) < 4.78 is 6.07. The second kappa shape index (κ2) is 3.79. The number of furan rings is 1. The van der Waals surface area contributed by atoms with E-state index in [4.69, 9.17) is 4.42 Å². The fourth-order valence-electron chi connectivity index (χ4n) is 2.62. The number of benzene rings is 2. The fraction of sp³-hybridized carbons (Fsp3) is 0.250. The molecule has 0 aliphatic heterocycles. The van der Waals surface area contributed by atoms with Gasteiger partial charge in [0.05, 0.1) is 4.90 Å². The molecule has 1 aliphatic carbocycles. The summed E-state index contributed by atoms with van der Waals surface area (Å²) in [5, 5.41) is 2.48. The summed E-state index contributed by atoms with van der Waals surface area (Å²) >= 11 is 1.74. The molecular formula is C16H14OS. The third-order valence-corrected chi connectivity index (χ3v) is 4.52. The van der Waals surface area contributed by atoms with E-state index in [0.717, 1.165) is 17.1 Å². The molecule has 0 bridgehead atoms. The molecule has 1 aliphatic rings. The second-order valence-corrected chi connectivity index (χ2v) is 5.82. The van der Waals surface area contributed by atoms with Crippen molar-refractivity contribution in [3.05, 3.63) is 42.0 Å². The van der Waals surface area contributed by atoms with Gasteiger partial charge in [0, 0.05) is 10.8 Å². The first-order chi connectivity index (χ1) is 8.86. The van der Waals surface area contributed by atoms with Gasteiger partial charge in [0.2, 0.25) is 0 Å². The van der Waals surface area contributed by atoms with E-state index in [1.807, 2.05) is 0 Å². The lowest BCUT2D eigenvalue weighted by Crippen LogP contribution is -1.76. The van der Waals surface area contributed by atoms with Crippen LogP contribution >= 0.6 is 11.8 Å². The first-order valence-electron chi connectivity index (χ1n) is 6.36. The molecular weight excluding hydrogens is 240 g/mol. The zero-order valence-corrected chi connectivity index (χ0v) is 11.1. The lowest BCUT2D eigenvalue weighted by atomic mass is 10.1. The summed E-state index contributed by atoms with van der Waals surface area (Å²) in [4.78, 5) is 1.22. The maximum absolute atomic E-state index is 6.07. The number of rotatable bonds is 2. The van der Waals surface area contributed by atoms with Gasteiger partial charge in [-0.1, -0.05) is 24.3 Å². The Morgan fingerprint density at radius 3 is 2.78 bits per heavy atom. The highest BCUT2D eigenvalue weighted by Gasteiger charge is 2.24. The Hall–Kier alpha value is -1.41. The average Bonchev–Trinajstić information content (AvgIpc) is 3.18. The molecule has 90 valence electrons. The van der Waals surface area contributed by atoms with Gasteiger partial charge < -0.3 is 4.42 Å².